The van der Waals surface area contributed by atoms with Crippen LogP contribution in [0, 0.1) is 5.41 Å². The van der Waals surface area contributed by atoms with Crippen molar-refractivity contribution in [1.82, 2.24) is 0 Å². The molecular weight excluding hydrogens is 160 g/mol. The second-order valence-electron chi connectivity index (χ2n) is 4.75. The van der Waals surface area contributed by atoms with Crippen molar-refractivity contribution in [3.63, 3.8) is 0 Å². The number of allylic oxidation sites excluding steroid dienone is 3. The maximum absolute atomic E-state index is 9.44. The molecule has 0 aliphatic rings. The fourth-order valence-corrected chi connectivity index (χ4v) is 1.17. The molecule has 0 bridgehead atoms. The lowest BCUT2D eigenvalue weighted by molar-refractivity contribution is 0.132. The molecule has 0 radical (unpaired) electrons. The van der Waals surface area contributed by atoms with Crippen LogP contribution in [0.15, 0.2) is 24.3 Å². The maximum Gasteiger partial charge on any atom is 0.0771 e. The van der Waals surface area contributed by atoms with Crippen molar-refractivity contribution in [2.24, 2.45) is 5.41 Å². The second-order valence-corrected chi connectivity index (χ2v) is 4.75. The molecule has 0 fully saturated rings. The molecule has 0 aliphatic carbocycles. The summed E-state index contributed by atoms with van der Waals surface area (Å²) in [5.41, 5.74) is -0.498. The van der Waals surface area contributed by atoms with Crippen LogP contribution in [-0.4, -0.2) is 10.7 Å². The zero-order valence-corrected chi connectivity index (χ0v) is 9.46. The summed E-state index contributed by atoms with van der Waals surface area (Å²) in [7, 11) is 0. The van der Waals surface area contributed by atoms with Crippen molar-refractivity contribution in [3.05, 3.63) is 24.3 Å². The van der Waals surface area contributed by atoms with Crippen molar-refractivity contribution in [3.8, 4) is 0 Å². The van der Waals surface area contributed by atoms with Crippen LogP contribution in [0.5, 0.6) is 0 Å². The Morgan fingerprint density at radius 1 is 1.08 bits per heavy atom. The minimum atomic E-state index is -0.688. The fourth-order valence-electron chi connectivity index (χ4n) is 1.17. The maximum atomic E-state index is 9.44. The quantitative estimate of drug-likeness (QED) is 0.661. The molecular formula is C12H22O. The Balaban J connectivity index is 4.09. The highest BCUT2D eigenvalue weighted by atomic mass is 16.3. The lowest BCUT2D eigenvalue weighted by Crippen LogP contribution is -2.14. The smallest absolute Gasteiger partial charge is 0.0771 e. The van der Waals surface area contributed by atoms with Gasteiger partial charge in [0.05, 0.1) is 5.60 Å². The zero-order valence-electron chi connectivity index (χ0n) is 9.46. The molecule has 0 aromatic carbocycles. The number of rotatable bonds is 4. The molecule has 1 heteroatoms. The van der Waals surface area contributed by atoms with E-state index in [9.17, 15) is 5.11 Å². The molecule has 0 amide bonds. The summed E-state index contributed by atoms with van der Waals surface area (Å²) in [6.07, 6.45) is 9.10. The molecule has 76 valence electrons. The fraction of sp³-hybridized carbons (Fsp3) is 0.667. The van der Waals surface area contributed by atoms with Gasteiger partial charge in [0.1, 0.15) is 0 Å². The van der Waals surface area contributed by atoms with Gasteiger partial charge in [-0.1, -0.05) is 38.2 Å². The predicted molar refractivity (Wildman–Crippen MR) is 58.6 cm³/mol. The summed E-state index contributed by atoms with van der Waals surface area (Å²) in [6, 6.07) is 0. The molecule has 0 unspecified atom stereocenters. The van der Waals surface area contributed by atoms with Gasteiger partial charge in [-0.15, -0.1) is 0 Å². The van der Waals surface area contributed by atoms with Crippen molar-refractivity contribution in [2.75, 3.05) is 0 Å². The standard InChI is InChI=1S/C12H22O/c1-6-8-11(2,3)9-7-10-12(4,5)13/h6-8,10,13H,9H2,1-5H3. The number of hydrogen-bond donors (Lipinski definition) is 1. The van der Waals surface area contributed by atoms with Gasteiger partial charge in [-0.2, -0.15) is 0 Å². The van der Waals surface area contributed by atoms with E-state index in [1.54, 1.807) is 13.8 Å². The van der Waals surface area contributed by atoms with Crippen molar-refractivity contribution in [2.45, 2.75) is 46.6 Å². The highest BCUT2D eigenvalue weighted by molar-refractivity contribution is 5.02. The molecule has 0 spiro atoms. The first kappa shape index (κ1) is 12.4. The summed E-state index contributed by atoms with van der Waals surface area (Å²) >= 11 is 0. The Morgan fingerprint density at radius 3 is 2.00 bits per heavy atom. The largest absolute Gasteiger partial charge is 0.386 e. The summed E-state index contributed by atoms with van der Waals surface area (Å²) in [4.78, 5) is 0. The SMILES string of the molecule is CC=CC(C)(C)CC=CC(C)(C)O. The van der Waals surface area contributed by atoms with Gasteiger partial charge in [0.25, 0.3) is 0 Å². The first-order valence-corrected chi connectivity index (χ1v) is 4.81. The Kier molecular flexibility index (Phi) is 4.41. The Labute approximate surface area is 82.2 Å². The Morgan fingerprint density at radius 2 is 1.62 bits per heavy atom. The lowest BCUT2D eigenvalue weighted by Gasteiger charge is -2.18. The molecule has 0 aromatic heterocycles. The van der Waals surface area contributed by atoms with Gasteiger partial charge in [-0.25, -0.2) is 0 Å². The summed E-state index contributed by atoms with van der Waals surface area (Å²) in [6.45, 7) is 9.96. The van der Waals surface area contributed by atoms with Gasteiger partial charge in [-0.05, 0) is 32.6 Å². The van der Waals surface area contributed by atoms with E-state index in [1.165, 1.54) is 0 Å². The molecule has 13 heavy (non-hydrogen) atoms. The van der Waals surface area contributed by atoms with Crippen molar-refractivity contribution >= 4 is 0 Å². The van der Waals surface area contributed by atoms with Crippen LogP contribution >= 0.6 is 0 Å². The molecule has 1 N–H and O–H groups in total. The molecule has 1 nitrogen and oxygen atoms in total. The summed E-state index contributed by atoms with van der Waals surface area (Å²) in [5.74, 6) is 0. The van der Waals surface area contributed by atoms with Crippen LogP contribution in [0.25, 0.3) is 0 Å². The normalized spacial score (nSPS) is 14.6. The van der Waals surface area contributed by atoms with Crippen LogP contribution in [0.3, 0.4) is 0 Å². The predicted octanol–water partition coefficient (Wildman–Crippen LogP) is 3.31. The van der Waals surface area contributed by atoms with E-state index >= 15 is 0 Å². The molecule has 0 atom stereocenters. The van der Waals surface area contributed by atoms with Crippen LogP contribution in [0.2, 0.25) is 0 Å². The van der Waals surface area contributed by atoms with Gasteiger partial charge in [0.2, 0.25) is 0 Å². The number of aliphatic hydroxyl groups is 1. The van der Waals surface area contributed by atoms with E-state index in [-0.39, 0.29) is 5.41 Å². The monoisotopic (exact) mass is 182 g/mol. The Hall–Kier alpha value is -0.560. The van der Waals surface area contributed by atoms with Crippen LogP contribution in [0.1, 0.15) is 41.0 Å². The van der Waals surface area contributed by atoms with E-state index in [0.29, 0.717) is 0 Å². The highest BCUT2D eigenvalue weighted by Gasteiger charge is 2.12. The number of hydrogen-bond acceptors (Lipinski definition) is 1. The molecule has 0 aromatic rings. The third kappa shape index (κ3) is 7.79. The third-order valence-electron chi connectivity index (χ3n) is 1.79. The van der Waals surface area contributed by atoms with Gasteiger partial charge in [-0.3, -0.25) is 0 Å². The second kappa shape index (κ2) is 4.61. The van der Waals surface area contributed by atoms with E-state index < -0.39 is 5.60 Å². The van der Waals surface area contributed by atoms with Gasteiger partial charge < -0.3 is 5.11 Å². The summed E-state index contributed by atoms with van der Waals surface area (Å²) < 4.78 is 0. The van der Waals surface area contributed by atoms with Crippen LogP contribution in [-0.2, 0) is 0 Å². The molecule has 0 rings (SSSR count). The lowest BCUT2D eigenvalue weighted by atomic mass is 9.88. The van der Waals surface area contributed by atoms with Crippen molar-refractivity contribution < 1.29 is 5.11 Å². The average molecular weight is 182 g/mol. The first-order valence-electron chi connectivity index (χ1n) is 4.81. The highest BCUT2D eigenvalue weighted by Crippen LogP contribution is 2.23. The minimum absolute atomic E-state index is 0.191. The molecule has 0 aliphatic heterocycles. The first-order chi connectivity index (χ1) is 5.77. The van der Waals surface area contributed by atoms with Gasteiger partial charge in [0, 0.05) is 0 Å². The van der Waals surface area contributed by atoms with E-state index in [0.717, 1.165) is 6.42 Å². The molecule has 0 saturated carbocycles. The minimum Gasteiger partial charge on any atom is -0.386 e. The zero-order chi connectivity index (χ0) is 10.5. The van der Waals surface area contributed by atoms with Gasteiger partial charge >= 0.3 is 0 Å². The average Bonchev–Trinajstić information content (AvgIpc) is 1.82. The van der Waals surface area contributed by atoms with Crippen LogP contribution in [0.4, 0.5) is 0 Å². The van der Waals surface area contributed by atoms with E-state index in [1.807, 2.05) is 19.1 Å². The summed E-state index contributed by atoms with van der Waals surface area (Å²) in [5, 5.41) is 9.44. The van der Waals surface area contributed by atoms with E-state index in [2.05, 4.69) is 26.0 Å². The van der Waals surface area contributed by atoms with Gasteiger partial charge in [0.15, 0.2) is 0 Å². The van der Waals surface area contributed by atoms with E-state index in [4.69, 9.17) is 0 Å². The third-order valence-corrected chi connectivity index (χ3v) is 1.79. The topological polar surface area (TPSA) is 20.2 Å². The molecule has 0 heterocycles. The van der Waals surface area contributed by atoms with Crippen LogP contribution < -0.4 is 0 Å². The molecule has 0 saturated heterocycles. The Bertz CT molecular complexity index is 192. The van der Waals surface area contributed by atoms with Crippen molar-refractivity contribution in [1.29, 1.82) is 0 Å².